The van der Waals surface area contributed by atoms with Gasteiger partial charge in [-0.1, -0.05) is 35.9 Å². The number of hydrogen-bond donors (Lipinski definition) is 0. The van der Waals surface area contributed by atoms with Gasteiger partial charge in [-0.3, -0.25) is 9.69 Å². The summed E-state index contributed by atoms with van der Waals surface area (Å²) in [6.07, 6.45) is 1.77. The lowest BCUT2D eigenvalue weighted by molar-refractivity contribution is -0.113. The van der Waals surface area contributed by atoms with Crippen molar-refractivity contribution in [3.63, 3.8) is 0 Å². The van der Waals surface area contributed by atoms with E-state index in [4.69, 9.17) is 19.2 Å². The molecule has 0 fully saturated rings. The highest BCUT2D eigenvalue weighted by Gasteiger charge is 2.32. The zero-order valence-electron chi connectivity index (χ0n) is 17.2. The van der Waals surface area contributed by atoms with Gasteiger partial charge in [0, 0.05) is 5.56 Å². The minimum absolute atomic E-state index is 0.196. The molecule has 0 saturated heterocycles. The Morgan fingerprint density at radius 3 is 2.45 bits per heavy atom. The zero-order valence-corrected chi connectivity index (χ0v) is 17.2. The molecule has 31 heavy (non-hydrogen) atoms. The van der Waals surface area contributed by atoms with Crippen LogP contribution in [0.1, 0.15) is 16.7 Å². The fourth-order valence-electron chi connectivity index (χ4n) is 3.54. The van der Waals surface area contributed by atoms with E-state index in [1.54, 1.807) is 18.1 Å². The molecule has 0 atom stereocenters. The number of benzene rings is 3. The molecule has 0 saturated carbocycles. The molecule has 5 rings (SSSR count). The van der Waals surface area contributed by atoms with Gasteiger partial charge in [-0.15, -0.1) is 0 Å². The predicted octanol–water partition coefficient (Wildman–Crippen LogP) is 4.57. The molecule has 1 amide bonds. The number of aryl methyl sites for hydroxylation is 1. The highest BCUT2D eigenvalue weighted by atomic mass is 16.7. The molecule has 3 aromatic rings. The standard InChI is InChI=1S/C25H20N2O4/c1-16-3-6-18(7-4-16)24-26-21(13-17-5-12-22-23(14-17)31-15-30-22)25(28)27(24)19-8-10-20(29-2)11-9-19/h3-14H,15H2,1-2H3/b21-13+. The first-order valence-electron chi connectivity index (χ1n) is 9.88. The van der Waals surface area contributed by atoms with Gasteiger partial charge in [0.05, 0.1) is 12.8 Å². The Hall–Kier alpha value is -4.06. The molecule has 2 aliphatic rings. The molecule has 0 aliphatic carbocycles. The summed E-state index contributed by atoms with van der Waals surface area (Å²) in [6, 6.07) is 20.9. The number of hydrogen-bond acceptors (Lipinski definition) is 5. The maximum absolute atomic E-state index is 13.4. The molecular weight excluding hydrogens is 392 g/mol. The Labute approximate surface area is 180 Å². The molecular formula is C25H20N2O4. The van der Waals surface area contributed by atoms with E-state index in [1.165, 1.54) is 0 Å². The Morgan fingerprint density at radius 1 is 0.968 bits per heavy atom. The van der Waals surface area contributed by atoms with Crippen LogP contribution < -0.4 is 19.1 Å². The summed E-state index contributed by atoms with van der Waals surface area (Å²) in [6.45, 7) is 2.23. The summed E-state index contributed by atoms with van der Waals surface area (Å²) in [5.41, 5.74) is 3.89. The second kappa shape index (κ2) is 7.65. The number of fused-ring (bicyclic) bond motifs is 1. The molecule has 6 nitrogen and oxygen atoms in total. The number of amides is 1. The lowest BCUT2D eigenvalue weighted by Crippen LogP contribution is -2.32. The molecule has 2 heterocycles. The second-order valence-electron chi connectivity index (χ2n) is 7.28. The van der Waals surface area contributed by atoms with E-state index in [9.17, 15) is 4.79 Å². The first kappa shape index (κ1) is 18.9. The van der Waals surface area contributed by atoms with Gasteiger partial charge >= 0.3 is 0 Å². The summed E-state index contributed by atoms with van der Waals surface area (Å²) in [5, 5.41) is 0. The molecule has 0 spiro atoms. The maximum atomic E-state index is 13.4. The van der Waals surface area contributed by atoms with E-state index in [1.807, 2.05) is 73.7 Å². The Kier molecular flexibility index (Phi) is 4.67. The summed E-state index contributed by atoms with van der Waals surface area (Å²) >= 11 is 0. The highest BCUT2D eigenvalue weighted by molar-refractivity contribution is 6.33. The Bertz CT molecular complexity index is 1210. The topological polar surface area (TPSA) is 60.4 Å². The first-order chi connectivity index (χ1) is 15.1. The van der Waals surface area contributed by atoms with Gasteiger partial charge in [-0.2, -0.15) is 0 Å². The van der Waals surface area contributed by atoms with Crippen molar-refractivity contribution in [3.8, 4) is 17.2 Å². The summed E-state index contributed by atoms with van der Waals surface area (Å²) < 4.78 is 16.1. The third-order valence-electron chi connectivity index (χ3n) is 5.20. The Balaban J connectivity index is 1.57. The van der Waals surface area contributed by atoms with E-state index in [0.717, 1.165) is 28.1 Å². The van der Waals surface area contributed by atoms with Crippen molar-refractivity contribution in [1.82, 2.24) is 0 Å². The monoisotopic (exact) mass is 412 g/mol. The van der Waals surface area contributed by atoms with Crippen LogP contribution in [0.4, 0.5) is 5.69 Å². The molecule has 2 aliphatic heterocycles. The van der Waals surface area contributed by atoms with Crippen LogP contribution >= 0.6 is 0 Å². The van der Waals surface area contributed by atoms with E-state index < -0.39 is 0 Å². The van der Waals surface area contributed by atoms with Crippen molar-refractivity contribution in [2.75, 3.05) is 18.8 Å². The smallest absolute Gasteiger partial charge is 0.282 e. The number of amidine groups is 1. The van der Waals surface area contributed by atoms with Crippen LogP contribution in [0.25, 0.3) is 6.08 Å². The van der Waals surface area contributed by atoms with E-state index in [0.29, 0.717) is 23.0 Å². The van der Waals surface area contributed by atoms with E-state index in [-0.39, 0.29) is 12.7 Å². The summed E-state index contributed by atoms with van der Waals surface area (Å²) in [4.78, 5) is 19.7. The molecule has 0 unspecified atom stereocenters. The van der Waals surface area contributed by atoms with Gasteiger partial charge in [0.2, 0.25) is 6.79 Å². The van der Waals surface area contributed by atoms with Crippen LogP contribution in [0.3, 0.4) is 0 Å². The van der Waals surface area contributed by atoms with Crippen LogP contribution in [0.5, 0.6) is 17.2 Å². The number of carbonyl (C=O) groups excluding carboxylic acids is 1. The van der Waals surface area contributed by atoms with Crippen LogP contribution in [0.15, 0.2) is 77.4 Å². The fourth-order valence-corrected chi connectivity index (χ4v) is 3.54. The number of ether oxygens (including phenoxy) is 3. The van der Waals surface area contributed by atoms with Crippen LogP contribution in [0, 0.1) is 6.92 Å². The molecule has 6 heteroatoms. The van der Waals surface area contributed by atoms with Gasteiger partial charge in [-0.05, 0) is 55.0 Å². The van der Waals surface area contributed by atoms with Crippen molar-refractivity contribution in [2.24, 2.45) is 4.99 Å². The molecule has 0 radical (unpaired) electrons. The van der Waals surface area contributed by atoms with Crippen molar-refractivity contribution in [2.45, 2.75) is 6.92 Å². The van der Waals surface area contributed by atoms with Gasteiger partial charge in [0.1, 0.15) is 17.3 Å². The first-order valence-corrected chi connectivity index (χ1v) is 9.88. The quantitative estimate of drug-likeness (QED) is 0.589. The number of carbonyl (C=O) groups is 1. The van der Waals surface area contributed by atoms with Gasteiger partial charge < -0.3 is 14.2 Å². The normalized spacial score (nSPS) is 16.1. The lowest BCUT2D eigenvalue weighted by atomic mass is 10.1. The van der Waals surface area contributed by atoms with E-state index >= 15 is 0 Å². The molecule has 0 bridgehead atoms. The lowest BCUT2D eigenvalue weighted by Gasteiger charge is -2.19. The largest absolute Gasteiger partial charge is 0.497 e. The molecule has 0 N–H and O–H groups in total. The van der Waals surface area contributed by atoms with Crippen molar-refractivity contribution in [3.05, 3.63) is 89.1 Å². The predicted molar refractivity (Wildman–Crippen MR) is 119 cm³/mol. The zero-order chi connectivity index (χ0) is 21.4. The second-order valence-corrected chi connectivity index (χ2v) is 7.28. The van der Waals surface area contributed by atoms with Crippen LogP contribution in [0.2, 0.25) is 0 Å². The SMILES string of the molecule is COc1ccc(N2C(=O)/C(=C\c3ccc4c(c3)OCO4)N=C2c2ccc(C)cc2)cc1. The fraction of sp³-hybridized carbons (Fsp3) is 0.120. The third-order valence-corrected chi connectivity index (χ3v) is 5.20. The summed E-state index contributed by atoms with van der Waals surface area (Å²) in [7, 11) is 1.61. The minimum Gasteiger partial charge on any atom is -0.497 e. The van der Waals surface area contributed by atoms with Gasteiger partial charge in [-0.25, -0.2) is 4.99 Å². The van der Waals surface area contributed by atoms with Crippen molar-refractivity contribution in [1.29, 1.82) is 0 Å². The van der Waals surface area contributed by atoms with Crippen LogP contribution in [-0.2, 0) is 4.79 Å². The highest BCUT2D eigenvalue weighted by Crippen LogP contribution is 2.34. The van der Waals surface area contributed by atoms with Gasteiger partial charge in [0.25, 0.3) is 5.91 Å². The van der Waals surface area contributed by atoms with Crippen LogP contribution in [-0.4, -0.2) is 25.6 Å². The molecule has 0 aromatic heterocycles. The molecule has 3 aromatic carbocycles. The number of nitrogens with zero attached hydrogens (tertiary/aromatic N) is 2. The third kappa shape index (κ3) is 3.53. The Morgan fingerprint density at radius 2 is 1.71 bits per heavy atom. The average molecular weight is 412 g/mol. The van der Waals surface area contributed by atoms with Crippen molar-refractivity contribution < 1.29 is 19.0 Å². The summed E-state index contributed by atoms with van der Waals surface area (Å²) in [5.74, 6) is 2.47. The number of rotatable bonds is 4. The average Bonchev–Trinajstić information content (AvgIpc) is 3.39. The number of methoxy groups -OCH3 is 1. The minimum atomic E-state index is -0.196. The van der Waals surface area contributed by atoms with Gasteiger partial charge in [0.15, 0.2) is 11.5 Å². The number of aliphatic imine (C=N–C) groups is 1. The van der Waals surface area contributed by atoms with E-state index in [2.05, 4.69) is 0 Å². The maximum Gasteiger partial charge on any atom is 0.282 e. The van der Waals surface area contributed by atoms with Crippen molar-refractivity contribution >= 4 is 23.5 Å². The molecule has 154 valence electrons. The number of anilines is 1.